The van der Waals surface area contributed by atoms with E-state index in [1.54, 1.807) is 4.90 Å². The van der Waals surface area contributed by atoms with Gasteiger partial charge in [-0.2, -0.15) is 15.2 Å². The first-order valence-electron chi connectivity index (χ1n) is 10.3. The molecular weight excluding hydrogens is 406 g/mol. The number of amides is 1. The van der Waals surface area contributed by atoms with E-state index in [0.717, 1.165) is 43.6 Å². The van der Waals surface area contributed by atoms with E-state index in [1.807, 2.05) is 17.7 Å². The van der Waals surface area contributed by atoms with Crippen molar-refractivity contribution >= 4 is 29.3 Å². The highest BCUT2D eigenvalue weighted by Gasteiger charge is 2.50. The van der Waals surface area contributed by atoms with Crippen LogP contribution in [0.5, 0.6) is 0 Å². The van der Waals surface area contributed by atoms with Gasteiger partial charge in [-0.25, -0.2) is 9.48 Å². The van der Waals surface area contributed by atoms with Crippen LogP contribution in [0.1, 0.15) is 71.4 Å². The zero-order valence-corrected chi connectivity index (χ0v) is 18.5. The summed E-state index contributed by atoms with van der Waals surface area (Å²) in [4.78, 5) is 17.8. The summed E-state index contributed by atoms with van der Waals surface area (Å²) in [5.74, 6) is 1.51. The van der Waals surface area contributed by atoms with E-state index in [4.69, 9.17) is 16.7 Å². The molecule has 2 atom stereocenters. The molecule has 0 bridgehead atoms. The number of carboxylic acid groups (broad SMARTS) is 1. The molecule has 30 heavy (non-hydrogen) atoms. The molecule has 2 aromatic rings. The zero-order valence-electron chi connectivity index (χ0n) is 17.8. The van der Waals surface area contributed by atoms with Gasteiger partial charge < -0.3 is 10.4 Å². The Morgan fingerprint density at radius 1 is 1.37 bits per heavy atom. The maximum absolute atomic E-state index is 11.9. The van der Waals surface area contributed by atoms with Crippen molar-refractivity contribution in [1.29, 1.82) is 0 Å². The Balaban J connectivity index is 1.57. The Hall–Kier alpha value is -2.42. The molecule has 2 aliphatic carbocycles. The van der Waals surface area contributed by atoms with Gasteiger partial charge in [0.05, 0.1) is 17.4 Å². The number of nitrogens with one attached hydrogen (secondary N) is 1. The molecule has 0 aromatic carbocycles. The highest BCUT2D eigenvalue weighted by molar-refractivity contribution is 6.28. The van der Waals surface area contributed by atoms with Gasteiger partial charge in [-0.3, -0.25) is 4.90 Å². The quantitative estimate of drug-likeness (QED) is 0.719. The monoisotopic (exact) mass is 433 g/mol. The number of aromatic nitrogens is 5. The van der Waals surface area contributed by atoms with Crippen LogP contribution in [0.4, 0.5) is 16.4 Å². The Labute approximate surface area is 180 Å². The van der Waals surface area contributed by atoms with Crippen molar-refractivity contribution in [3.63, 3.8) is 0 Å². The van der Waals surface area contributed by atoms with Crippen LogP contribution in [-0.2, 0) is 5.54 Å². The van der Waals surface area contributed by atoms with Gasteiger partial charge in [-0.05, 0) is 71.4 Å². The smallest absolute Gasteiger partial charge is 0.408 e. The number of hydrogen-bond donors (Lipinski definition) is 2. The van der Waals surface area contributed by atoms with Crippen LogP contribution in [0.2, 0.25) is 5.28 Å². The lowest BCUT2D eigenvalue weighted by molar-refractivity contribution is 0.0955. The van der Waals surface area contributed by atoms with Crippen molar-refractivity contribution in [2.45, 2.75) is 82.8 Å². The molecule has 0 aliphatic heterocycles. The fourth-order valence-electron chi connectivity index (χ4n) is 4.38. The molecule has 2 aliphatic rings. The van der Waals surface area contributed by atoms with Crippen LogP contribution in [0.25, 0.3) is 0 Å². The summed E-state index contributed by atoms with van der Waals surface area (Å²) in [5, 5.41) is 25.5. The SMILES string of the molecule is CC1(N(C(=O)O)[C@@H]2CC[C@H](c3cc(Nc4cnnc(Cl)n4)n(C(C)(C)C)n3)C2)CC1. The van der Waals surface area contributed by atoms with E-state index >= 15 is 0 Å². The molecule has 0 radical (unpaired) electrons. The molecular formula is C20H28ClN7O2. The number of carbonyl (C=O) groups is 1. The molecule has 2 saturated carbocycles. The average Bonchev–Trinajstić information content (AvgIpc) is 3.05. The summed E-state index contributed by atoms with van der Waals surface area (Å²) in [7, 11) is 0. The van der Waals surface area contributed by atoms with Gasteiger partial charge in [0.1, 0.15) is 5.82 Å². The van der Waals surface area contributed by atoms with Crippen molar-refractivity contribution in [3.05, 3.63) is 23.2 Å². The third kappa shape index (κ3) is 4.08. The predicted molar refractivity (Wildman–Crippen MR) is 113 cm³/mol. The minimum Gasteiger partial charge on any atom is -0.465 e. The van der Waals surface area contributed by atoms with E-state index in [2.05, 4.69) is 41.3 Å². The lowest BCUT2D eigenvalue weighted by Gasteiger charge is -2.32. The highest BCUT2D eigenvalue weighted by atomic mass is 35.5. The second kappa shape index (κ2) is 7.37. The third-order valence-electron chi connectivity index (χ3n) is 6.10. The molecule has 2 fully saturated rings. The summed E-state index contributed by atoms with van der Waals surface area (Å²) in [6.07, 6.45) is 5.18. The molecule has 4 rings (SSSR count). The molecule has 1 amide bonds. The molecule has 9 nitrogen and oxygen atoms in total. The lowest BCUT2D eigenvalue weighted by Crippen LogP contribution is -2.45. The predicted octanol–water partition coefficient (Wildman–Crippen LogP) is 4.39. The van der Waals surface area contributed by atoms with Gasteiger partial charge in [-0.1, -0.05) is 0 Å². The van der Waals surface area contributed by atoms with E-state index in [0.29, 0.717) is 5.82 Å². The first kappa shape index (κ1) is 20.8. The van der Waals surface area contributed by atoms with Crippen molar-refractivity contribution in [1.82, 2.24) is 29.9 Å². The van der Waals surface area contributed by atoms with E-state index in [9.17, 15) is 9.90 Å². The Kier molecular flexibility index (Phi) is 5.12. The second-order valence-electron chi connectivity index (χ2n) is 9.59. The van der Waals surface area contributed by atoms with Crippen LogP contribution < -0.4 is 5.32 Å². The van der Waals surface area contributed by atoms with Crippen molar-refractivity contribution < 1.29 is 9.90 Å². The first-order chi connectivity index (χ1) is 14.1. The van der Waals surface area contributed by atoms with Gasteiger partial charge >= 0.3 is 6.09 Å². The average molecular weight is 434 g/mol. The van der Waals surface area contributed by atoms with E-state index in [1.165, 1.54) is 6.20 Å². The Bertz CT molecular complexity index is 951. The Morgan fingerprint density at radius 2 is 2.10 bits per heavy atom. The van der Waals surface area contributed by atoms with Gasteiger partial charge in [0.2, 0.25) is 5.28 Å². The van der Waals surface area contributed by atoms with Crippen molar-refractivity contribution in [2.75, 3.05) is 5.32 Å². The molecule has 162 valence electrons. The first-order valence-corrected chi connectivity index (χ1v) is 10.7. The van der Waals surface area contributed by atoms with Gasteiger partial charge in [0.15, 0.2) is 5.82 Å². The van der Waals surface area contributed by atoms with E-state index < -0.39 is 6.09 Å². The summed E-state index contributed by atoms with van der Waals surface area (Å²) in [6, 6.07) is 2.07. The maximum atomic E-state index is 11.9. The fraction of sp³-hybridized carbons (Fsp3) is 0.650. The van der Waals surface area contributed by atoms with Gasteiger partial charge in [0.25, 0.3) is 0 Å². The minimum atomic E-state index is -0.809. The van der Waals surface area contributed by atoms with Gasteiger partial charge in [0, 0.05) is 23.6 Å². The molecule has 2 aromatic heterocycles. The van der Waals surface area contributed by atoms with Gasteiger partial charge in [-0.15, -0.1) is 5.10 Å². The zero-order chi connectivity index (χ0) is 21.7. The minimum absolute atomic E-state index is 0.0427. The topological polar surface area (TPSA) is 109 Å². The summed E-state index contributed by atoms with van der Waals surface area (Å²) in [6.45, 7) is 8.29. The van der Waals surface area contributed by atoms with E-state index in [-0.39, 0.29) is 28.3 Å². The molecule has 2 N–H and O–H groups in total. The maximum Gasteiger partial charge on any atom is 0.408 e. The normalized spacial score (nSPS) is 22.7. The van der Waals surface area contributed by atoms with Crippen LogP contribution in [0.15, 0.2) is 12.3 Å². The molecule has 2 heterocycles. The standard InChI is InChI=1S/C20H28ClN7O2/c1-19(2,3)28-16(23-15-11-22-25-17(21)24-15)10-14(26-28)12-5-6-13(9-12)27(18(29)30)20(4)7-8-20/h10-13H,5-9H2,1-4H3,(H,29,30)(H,23,24,25)/t12-,13+/m0/s1. The lowest BCUT2D eigenvalue weighted by atomic mass is 10.0. The van der Waals surface area contributed by atoms with Crippen LogP contribution in [0, 0.1) is 0 Å². The summed E-state index contributed by atoms with van der Waals surface area (Å²) < 4.78 is 1.93. The third-order valence-corrected chi connectivity index (χ3v) is 6.26. The summed E-state index contributed by atoms with van der Waals surface area (Å²) in [5.41, 5.74) is 0.522. The largest absolute Gasteiger partial charge is 0.465 e. The molecule has 0 spiro atoms. The molecule has 0 unspecified atom stereocenters. The number of hydrogen-bond acceptors (Lipinski definition) is 6. The van der Waals surface area contributed by atoms with Crippen LogP contribution >= 0.6 is 11.6 Å². The van der Waals surface area contributed by atoms with Crippen molar-refractivity contribution in [2.24, 2.45) is 0 Å². The second-order valence-corrected chi connectivity index (χ2v) is 9.92. The highest BCUT2D eigenvalue weighted by Crippen LogP contribution is 2.47. The van der Waals surface area contributed by atoms with Crippen LogP contribution in [0.3, 0.4) is 0 Å². The molecule has 10 heteroatoms. The Morgan fingerprint density at radius 3 is 2.70 bits per heavy atom. The summed E-state index contributed by atoms with van der Waals surface area (Å²) >= 11 is 5.86. The van der Waals surface area contributed by atoms with Crippen LogP contribution in [-0.4, -0.2) is 52.6 Å². The fourth-order valence-corrected chi connectivity index (χ4v) is 4.52. The van der Waals surface area contributed by atoms with Crippen molar-refractivity contribution in [3.8, 4) is 0 Å². The number of halogens is 1. The molecule has 0 saturated heterocycles. The number of nitrogens with zero attached hydrogens (tertiary/aromatic N) is 6. The number of anilines is 2. The number of rotatable bonds is 5.